The Balaban J connectivity index is 2.16. The van der Waals surface area contributed by atoms with Gasteiger partial charge in [0.05, 0.1) is 28.2 Å². The van der Waals surface area contributed by atoms with Crippen molar-refractivity contribution in [3.05, 3.63) is 37.5 Å². The number of aryl methyl sites for hydroxylation is 2. The highest BCUT2D eigenvalue weighted by molar-refractivity contribution is 7.14. The van der Waals surface area contributed by atoms with Crippen LogP contribution >= 0.6 is 22.7 Å². The highest BCUT2D eigenvalue weighted by Gasteiger charge is 2.23. The van der Waals surface area contributed by atoms with Crippen molar-refractivity contribution in [1.82, 2.24) is 9.88 Å². The molecular formula is C15H20N2O2S2. The average Bonchev–Trinajstić information content (AvgIpc) is 3.03. The van der Waals surface area contributed by atoms with E-state index in [0.717, 1.165) is 20.5 Å². The maximum atomic E-state index is 12.6. The molecule has 0 aliphatic carbocycles. The zero-order valence-electron chi connectivity index (χ0n) is 13.0. The summed E-state index contributed by atoms with van der Waals surface area (Å²) in [5.41, 5.74) is 0.988. The molecule has 0 fully saturated rings. The number of rotatable bonds is 5. The van der Waals surface area contributed by atoms with E-state index in [0.29, 0.717) is 6.61 Å². The van der Waals surface area contributed by atoms with Crippen LogP contribution in [0.1, 0.15) is 43.1 Å². The van der Waals surface area contributed by atoms with Gasteiger partial charge in [-0.15, -0.1) is 22.7 Å². The molecule has 0 saturated carbocycles. The number of amides is 1. The van der Waals surface area contributed by atoms with Gasteiger partial charge in [-0.3, -0.25) is 4.79 Å². The Kier molecular flexibility index (Phi) is 5.13. The number of aromatic nitrogens is 1. The summed E-state index contributed by atoms with van der Waals surface area (Å²) in [6, 6.07) is 3.78. The minimum Gasteiger partial charge on any atom is -0.379 e. The van der Waals surface area contributed by atoms with Crippen LogP contribution in [0.25, 0.3) is 0 Å². The predicted octanol–water partition coefficient (Wildman–Crippen LogP) is 3.80. The molecule has 6 heteroatoms. The van der Waals surface area contributed by atoms with Gasteiger partial charge in [0.2, 0.25) is 0 Å². The fraction of sp³-hybridized carbons (Fsp3) is 0.467. The summed E-state index contributed by atoms with van der Waals surface area (Å²) in [7, 11) is 3.49. The van der Waals surface area contributed by atoms with E-state index in [1.165, 1.54) is 16.2 Å². The second-order valence-corrected chi connectivity index (χ2v) is 7.54. The van der Waals surface area contributed by atoms with Crippen molar-refractivity contribution in [2.45, 2.75) is 33.4 Å². The van der Waals surface area contributed by atoms with Crippen molar-refractivity contribution < 1.29 is 9.53 Å². The molecule has 0 bridgehead atoms. The second kappa shape index (κ2) is 6.68. The van der Waals surface area contributed by atoms with Crippen molar-refractivity contribution in [2.75, 3.05) is 14.2 Å². The molecule has 2 aromatic heterocycles. The molecule has 1 amide bonds. The van der Waals surface area contributed by atoms with E-state index >= 15 is 0 Å². The SMILES string of the molecule is COCc1ccc(C(=O)N(C)C(C)c2nc(C)sc2C)s1. The number of methoxy groups -OCH3 is 1. The Morgan fingerprint density at radius 1 is 1.38 bits per heavy atom. The first-order valence-corrected chi connectivity index (χ1v) is 8.36. The van der Waals surface area contributed by atoms with E-state index in [2.05, 4.69) is 11.9 Å². The van der Waals surface area contributed by atoms with Gasteiger partial charge >= 0.3 is 0 Å². The summed E-state index contributed by atoms with van der Waals surface area (Å²) >= 11 is 3.15. The van der Waals surface area contributed by atoms with Crippen LogP contribution in [0, 0.1) is 13.8 Å². The molecule has 0 saturated heterocycles. The van der Waals surface area contributed by atoms with Gasteiger partial charge in [0.25, 0.3) is 5.91 Å². The predicted molar refractivity (Wildman–Crippen MR) is 87.1 cm³/mol. The van der Waals surface area contributed by atoms with Crippen molar-refractivity contribution in [3.8, 4) is 0 Å². The lowest BCUT2D eigenvalue weighted by atomic mass is 10.2. The number of thiazole rings is 1. The monoisotopic (exact) mass is 324 g/mol. The topological polar surface area (TPSA) is 42.4 Å². The summed E-state index contributed by atoms with van der Waals surface area (Å²) in [5, 5.41) is 1.04. The highest BCUT2D eigenvalue weighted by Crippen LogP contribution is 2.28. The number of carbonyl (C=O) groups excluding carboxylic acids is 1. The number of carbonyl (C=O) groups is 1. The first-order valence-electron chi connectivity index (χ1n) is 6.72. The van der Waals surface area contributed by atoms with E-state index in [1.54, 1.807) is 23.3 Å². The lowest BCUT2D eigenvalue weighted by Crippen LogP contribution is -2.29. The third-order valence-electron chi connectivity index (χ3n) is 3.40. The van der Waals surface area contributed by atoms with Crippen LogP contribution in [-0.2, 0) is 11.3 Å². The van der Waals surface area contributed by atoms with Crippen molar-refractivity contribution in [3.63, 3.8) is 0 Å². The standard InChI is InChI=1S/C15H20N2O2S2/c1-9(14-10(2)20-11(3)16-14)17(4)15(18)13-7-6-12(21-13)8-19-5/h6-7,9H,8H2,1-5H3. The van der Waals surface area contributed by atoms with Crippen LogP contribution in [0.2, 0.25) is 0 Å². The molecule has 0 aliphatic heterocycles. The number of nitrogens with zero attached hydrogens (tertiary/aromatic N) is 2. The maximum Gasteiger partial charge on any atom is 0.264 e. The van der Waals surface area contributed by atoms with E-state index in [-0.39, 0.29) is 11.9 Å². The number of hydrogen-bond acceptors (Lipinski definition) is 5. The lowest BCUT2D eigenvalue weighted by molar-refractivity contribution is 0.0744. The minimum absolute atomic E-state index is 0.0277. The molecule has 0 spiro atoms. The molecule has 0 aromatic carbocycles. The molecule has 1 unspecified atom stereocenters. The smallest absolute Gasteiger partial charge is 0.264 e. The second-order valence-electron chi connectivity index (χ2n) is 4.97. The molecule has 21 heavy (non-hydrogen) atoms. The Morgan fingerprint density at radius 2 is 2.10 bits per heavy atom. The van der Waals surface area contributed by atoms with Gasteiger partial charge in [-0.05, 0) is 32.9 Å². The molecule has 2 aromatic rings. The van der Waals surface area contributed by atoms with E-state index in [1.807, 2.05) is 33.0 Å². The summed E-state index contributed by atoms with van der Waals surface area (Å²) in [4.78, 5) is 21.8. The number of thiophene rings is 1. The summed E-state index contributed by atoms with van der Waals surface area (Å²) in [6.45, 7) is 6.60. The van der Waals surface area contributed by atoms with E-state index in [9.17, 15) is 4.79 Å². The van der Waals surface area contributed by atoms with Crippen molar-refractivity contribution in [2.24, 2.45) is 0 Å². The van der Waals surface area contributed by atoms with Gasteiger partial charge < -0.3 is 9.64 Å². The van der Waals surface area contributed by atoms with E-state index < -0.39 is 0 Å². The molecule has 114 valence electrons. The van der Waals surface area contributed by atoms with Gasteiger partial charge in [0, 0.05) is 23.9 Å². The molecule has 4 nitrogen and oxygen atoms in total. The third-order valence-corrected chi connectivity index (χ3v) is 5.34. The first-order chi connectivity index (χ1) is 9.93. The zero-order valence-corrected chi connectivity index (χ0v) is 14.6. The van der Waals surface area contributed by atoms with Crippen LogP contribution in [0.15, 0.2) is 12.1 Å². The molecule has 2 rings (SSSR count). The molecular weight excluding hydrogens is 304 g/mol. The van der Waals surface area contributed by atoms with Crippen LogP contribution in [0.3, 0.4) is 0 Å². The van der Waals surface area contributed by atoms with Crippen LogP contribution in [-0.4, -0.2) is 29.9 Å². The third kappa shape index (κ3) is 3.51. The van der Waals surface area contributed by atoms with Crippen LogP contribution < -0.4 is 0 Å². The highest BCUT2D eigenvalue weighted by atomic mass is 32.1. The Morgan fingerprint density at radius 3 is 2.67 bits per heavy atom. The Hall–Kier alpha value is -1.24. The molecule has 1 atom stereocenters. The number of hydrogen-bond donors (Lipinski definition) is 0. The summed E-state index contributed by atoms with van der Waals surface area (Å²) in [5.74, 6) is 0.0277. The zero-order chi connectivity index (χ0) is 15.6. The quantitative estimate of drug-likeness (QED) is 0.840. The minimum atomic E-state index is -0.0320. The largest absolute Gasteiger partial charge is 0.379 e. The van der Waals surface area contributed by atoms with Gasteiger partial charge in [-0.1, -0.05) is 0 Å². The van der Waals surface area contributed by atoms with Crippen molar-refractivity contribution >= 4 is 28.6 Å². The Bertz CT molecular complexity index is 633. The maximum absolute atomic E-state index is 12.6. The molecule has 0 aliphatic rings. The van der Waals surface area contributed by atoms with Crippen molar-refractivity contribution in [1.29, 1.82) is 0 Å². The molecule has 0 N–H and O–H groups in total. The molecule has 2 heterocycles. The Labute approximate surface area is 133 Å². The van der Waals surface area contributed by atoms with E-state index in [4.69, 9.17) is 4.74 Å². The first kappa shape index (κ1) is 16.1. The average molecular weight is 324 g/mol. The van der Waals surface area contributed by atoms with Crippen LogP contribution in [0.5, 0.6) is 0 Å². The van der Waals surface area contributed by atoms with Crippen LogP contribution in [0.4, 0.5) is 0 Å². The summed E-state index contributed by atoms with van der Waals surface area (Å²) < 4.78 is 5.09. The normalized spacial score (nSPS) is 12.4. The summed E-state index contributed by atoms with van der Waals surface area (Å²) in [6.07, 6.45) is 0. The van der Waals surface area contributed by atoms with Gasteiger partial charge in [0.15, 0.2) is 0 Å². The van der Waals surface area contributed by atoms with Gasteiger partial charge in [-0.2, -0.15) is 0 Å². The van der Waals surface area contributed by atoms with Gasteiger partial charge in [0.1, 0.15) is 0 Å². The fourth-order valence-corrected chi connectivity index (χ4v) is 4.05. The molecule has 0 radical (unpaired) electrons. The number of ether oxygens (including phenoxy) is 1. The van der Waals surface area contributed by atoms with Gasteiger partial charge in [-0.25, -0.2) is 4.98 Å². The fourth-order valence-electron chi connectivity index (χ4n) is 2.18. The lowest BCUT2D eigenvalue weighted by Gasteiger charge is -2.23.